The topological polar surface area (TPSA) is 102 Å². The average Bonchev–Trinajstić information content (AvgIpc) is 3.52. The summed E-state index contributed by atoms with van der Waals surface area (Å²) in [5.74, 6) is 1.67. The van der Waals surface area contributed by atoms with E-state index in [0.29, 0.717) is 29.0 Å². The highest BCUT2D eigenvalue weighted by Gasteiger charge is 2.51. The fraction of sp³-hybridized carbons (Fsp3) is 0.581. The summed E-state index contributed by atoms with van der Waals surface area (Å²) in [6.07, 6.45) is 9.30. The maximum Gasteiger partial charge on any atom is 0.243 e. The van der Waals surface area contributed by atoms with Crippen LogP contribution < -0.4 is 15.2 Å². The molecule has 2 unspecified atom stereocenters. The van der Waals surface area contributed by atoms with Gasteiger partial charge < -0.3 is 20.1 Å². The molecule has 1 saturated carbocycles. The predicted octanol–water partition coefficient (Wildman–Crippen LogP) is 4.99. The molecular weight excluding hydrogens is 562 g/mol. The number of amides is 1. The molecule has 3 heterocycles. The number of ether oxygens (including phenoxy) is 2. The van der Waals surface area contributed by atoms with Gasteiger partial charge in [-0.15, -0.1) is 0 Å². The van der Waals surface area contributed by atoms with Gasteiger partial charge in [0.25, 0.3) is 0 Å². The van der Waals surface area contributed by atoms with Crippen LogP contribution in [0.2, 0.25) is 5.02 Å². The molecule has 4 atom stereocenters. The van der Waals surface area contributed by atoms with Crippen LogP contribution in [0.25, 0.3) is 0 Å². The van der Waals surface area contributed by atoms with Gasteiger partial charge in [-0.3, -0.25) is 4.79 Å². The quantitative estimate of drug-likeness (QED) is 0.457. The van der Waals surface area contributed by atoms with Gasteiger partial charge >= 0.3 is 0 Å². The molecule has 0 aromatic heterocycles. The zero-order valence-electron chi connectivity index (χ0n) is 23.4. The van der Waals surface area contributed by atoms with E-state index < -0.39 is 22.2 Å². The SMILES string of the molecule is NC1CC2CCC(C1)N2C(=O)[C@@H]1C[C@@H](Oc2ccc(Cl)cc2)CN1S(=O)(=O)c1ccc(OCC2CCCCC2)cc1. The highest BCUT2D eigenvalue weighted by atomic mass is 35.5. The lowest BCUT2D eigenvalue weighted by Crippen LogP contribution is -2.55. The van der Waals surface area contributed by atoms with Gasteiger partial charge in [0.15, 0.2) is 0 Å². The Morgan fingerprint density at radius 3 is 2.17 bits per heavy atom. The molecular formula is C31H40ClN3O5S. The molecule has 10 heteroatoms. The highest BCUT2D eigenvalue weighted by molar-refractivity contribution is 7.89. The minimum absolute atomic E-state index is 0.0673. The Hall–Kier alpha value is -2.33. The van der Waals surface area contributed by atoms with E-state index in [-0.39, 0.29) is 41.9 Å². The average molecular weight is 602 g/mol. The number of hydrogen-bond acceptors (Lipinski definition) is 6. The van der Waals surface area contributed by atoms with E-state index in [1.165, 1.54) is 36.4 Å². The summed E-state index contributed by atoms with van der Waals surface area (Å²) in [6, 6.07) is 13.0. The Morgan fingerprint density at radius 1 is 0.878 bits per heavy atom. The van der Waals surface area contributed by atoms with Gasteiger partial charge in [-0.1, -0.05) is 30.9 Å². The van der Waals surface area contributed by atoms with Crippen LogP contribution in [0.5, 0.6) is 11.5 Å². The third kappa shape index (κ3) is 6.24. The van der Waals surface area contributed by atoms with Crippen LogP contribution in [-0.4, -0.2) is 67.0 Å². The number of nitrogens with two attached hydrogens (primary N) is 1. The van der Waals surface area contributed by atoms with Crippen molar-refractivity contribution in [2.45, 2.75) is 99.4 Å². The van der Waals surface area contributed by atoms with Crippen LogP contribution in [0.15, 0.2) is 53.4 Å². The number of halogens is 1. The third-order valence-electron chi connectivity index (χ3n) is 9.28. The molecule has 4 fully saturated rings. The summed E-state index contributed by atoms with van der Waals surface area (Å²) in [6.45, 7) is 0.740. The molecule has 1 aliphatic carbocycles. The predicted molar refractivity (Wildman–Crippen MR) is 158 cm³/mol. The van der Waals surface area contributed by atoms with Crippen molar-refractivity contribution in [1.29, 1.82) is 0 Å². The van der Waals surface area contributed by atoms with E-state index in [1.54, 1.807) is 48.5 Å². The van der Waals surface area contributed by atoms with Gasteiger partial charge in [0.1, 0.15) is 23.6 Å². The van der Waals surface area contributed by atoms with Crippen molar-refractivity contribution < 1.29 is 22.7 Å². The molecule has 1 amide bonds. The maximum absolute atomic E-state index is 14.1. The van der Waals surface area contributed by atoms with Crippen molar-refractivity contribution >= 4 is 27.5 Å². The molecule has 3 saturated heterocycles. The second kappa shape index (κ2) is 12.1. The molecule has 2 aromatic carbocycles. The molecule has 222 valence electrons. The lowest BCUT2D eigenvalue weighted by Gasteiger charge is -2.40. The Morgan fingerprint density at radius 2 is 1.51 bits per heavy atom. The van der Waals surface area contributed by atoms with Crippen LogP contribution in [0.4, 0.5) is 0 Å². The number of nitrogens with zero attached hydrogens (tertiary/aromatic N) is 2. The fourth-order valence-corrected chi connectivity index (χ4v) is 8.96. The summed E-state index contributed by atoms with van der Waals surface area (Å²) in [5.41, 5.74) is 6.25. The van der Waals surface area contributed by atoms with Crippen LogP contribution in [0.3, 0.4) is 0 Å². The summed E-state index contributed by atoms with van der Waals surface area (Å²) in [7, 11) is -3.98. The highest BCUT2D eigenvalue weighted by Crippen LogP contribution is 2.39. The Kier molecular flexibility index (Phi) is 8.50. The maximum atomic E-state index is 14.1. The largest absolute Gasteiger partial charge is 0.493 e. The molecule has 3 aliphatic heterocycles. The van der Waals surface area contributed by atoms with Crippen molar-refractivity contribution in [2.24, 2.45) is 11.7 Å². The Labute approximate surface area is 248 Å². The molecule has 4 aliphatic rings. The summed E-state index contributed by atoms with van der Waals surface area (Å²) in [4.78, 5) is 16.2. The fourth-order valence-electron chi connectivity index (χ4n) is 7.21. The summed E-state index contributed by atoms with van der Waals surface area (Å²) >= 11 is 6.03. The summed E-state index contributed by atoms with van der Waals surface area (Å²) < 4.78 is 41.6. The minimum atomic E-state index is -3.98. The number of piperidine rings is 1. The first-order valence-corrected chi connectivity index (χ1v) is 16.8. The Balaban J connectivity index is 1.21. The first kappa shape index (κ1) is 28.8. The molecule has 6 rings (SSSR count). The van der Waals surface area contributed by atoms with Gasteiger partial charge in [-0.25, -0.2) is 8.42 Å². The van der Waals surface area contributed by atoms with Crippen LogP contribution in [-0.2, 0) is 14.8 Å². The van der Waals surface area contributed by atoms with Crippen LogP contribution in [0.1, 0.15) is 64.2 Å². The van der Waals surface area contributed by atoms with E-state index in [9.17, 15) is 13.2 Å². The van der Waals surface area contributed by atoms with Crippen molar-refractivity contribution in [1.82, 2.24) is 9.21 Å². The first-order valence-electron chi connectivity index (χ1n) is 15.0. The second-order valence-electron chi connectivity index (χ2n) is 12.2. The number of sulfonamides is 1. The van der Waals surface area contributed by atoms with Gasteiger partial charge in [-0.2, -0.15) is 4.31 Å². The second-order valence-corrected chi connectivity index (χ2v) is 14.5. The number of benzene rings is 2. The minimum Gasteiger partial charge on any atom is -0.493 e. The lowest BCUT2D eigenvalue weighted by atomic mass is 9.90. The van der Waals surface area contributed by atoms with Gasteiger partial charge in [0.05, 0.1) is 18.0 Å². The molecule has 2 aromatic rings. The number of carbonyl (C=O) groups excluding carboxylic acids is 1. The molecule has 41 heavy (non-hydrogen) atoms. The first-order chi connectivity index (χ1) is 19.8. The monoisotopic (exact) mass is 601 g/mol. The number of fused-ring (bicyclic) bond motifs is 2. The molecule has 2 bridgehead atoms. The summed E-state index contributed by atoms with van der Waals surface area (Å²) in [5, 5.41) is 0.589. The number of hydrogen-bond donors (Lipinski definition) is 1. The zero-order chi connectivity index (χ0) is 28.6. The number of rotatable bonds is 8. The van der Waals surface area contributed by atoms with E-state index >= 15 is 0 Å². The van der Waals surface area contributed by atoms with E-state index in [1.807, 2.05) is 4.90 Å². The third-order valence-corrected chi connectivity index (χ3v) is 11.4. The standard InChI is InChI=1S/C31H40ClN3O5S/c32-22-6-10-27(11-7-22)40-28-18-30(31(36)35-24-8-9-25(35)17-23(33)16-24)34(19-28)41(37,38)29-14-12-26(13-15-29)39-20-21-4-2-1-3-5-21/h6-7,10-15,21,23-25,28,30H,1-5,8-9,16-20,33H2/t23?,24?,25?,28-,30+/m1/s1. The lowest BCUT2D eigenvalue weighted by molar-refractivity contribution is -0.139. The van der Waals surface area contributed by atoms with Crippen LogP contribution >= 0.6 is 11.6 Å². The van der Waals surface area contributed by atoms with Gasteiger partial charge in [0.2, 0.25) is 15.9 Å². The van der Waals surface area contributed by atoms with Crippen molar-refractivity contribution in [3.8, 4) is 11.5 Å². The van der Waals surface area contributed by atoms with Gasteiger partial charge in [0, 0.05) is 29.6 Å². The molecule has 8 nitrogen and oxygen atoms in total. The Bertz CT molecular complexity index is 1300. The molecule has 0 radical (unpaired) electrons. The normalized spacial score (nSPS) is 29.0. The van der Waals surface area contributed by atoms with Crippen LogP contribution in [0, 0.1) is 5.92 Å². The zero-order valence-corrected chi connectivity index (χ0v) is 24.9. The van der Waals surface area contributed by atoms with Crippen molar-refractivity contribution in [3.05, 3.63) is 53.6 Å². The van der Waals surface area contributed by atoms with Crippen molar-refractivity contribution in [2.75, 3.05) is 13.2 Å². The molecule has 0 spiro atoms. The van der Waals surface area contributed by atoms with Crippen molar-refractivity contribution in [3.63, 3.8) is 0 Å². The van der Waals surface area contributed by atoms with E-state index in [4.69, 9.17) is 26.8 Å². The smallest absolute Gasteiger partial charge is 0.243 e. The van der Waals surface area contributed by atoms with E-state index in [0.717, 1.165) is 25.7 Å². The molecule has 2 N–H and O–H groups in total. The van der Waals surface area contributed by atoms with Gasteiger partial charge in [-0.05, 0) is 93.0 Å². The van der Waals surface area contributed by atoms with E-state index in [2.05, 4.69) is 0 Å². The number of carbonyl (C=O) groups is 1.